The van der Waals surface area contributed by atoms with Gasteiger partial charge in [-0.2, -0.15) is 5.10 Å². The Kier molecular flexibility index (Phi) is 7.96. The number of para-hydroxylation sites is 1. The highest BCUT2D eigenvalue weighted by atomic mass is 127. The Morgan fingerprint density at radius 1 is 0.964 bits per heavy atom. The lowest BCUT2D eigenvalue weighted by Crippen LogP contribution is -2.07. The van der Waals surface area contributed by atoms with Gasteiger partial charge in [-0.25, -0.2) is 0 Å². The monoisotopic (exact) mass is 598 g/mol. The van der Waals surface area contributed by atoms with Gasteiger partial charge in [0, 0.05) is 5.56 Å². The van der Waals surface area contributed by atoms with E-state index in [0.717, 1.165) is 35.3 Å². The summed E-state index contributed by atoms with van der Waals surface area (Å²) in [6, 6.07) is 22.2. The molecular weight excluding hydrogens is 578 g/mol. The molecule has 0 spiro atoms. The molecule has 1 N–H and O–H groups in total. The largest absolute Gasteiger partial charge is 0.496 e. The van der Waals surface area contributed by atoms with Crippen molar-refractivity contribution >= 4 is 51.4 Å². The minimum atomic E-state index is 0.556. The van der Waals surface area contributed by atoms with Crippen LogP contribution in [0.4, 0.5) is 0 Å². The van der Waals surface area contributed by atoms with E-state index in [1.165, 1.54) is 0 Å². The number of nitrogens with zero attached hydrogens (tertiary/aromatic N) is 1. The van der Waals surface area contributed by atoms with Gasteiger partial charge in [0.1, 0.15) is 18.1 Å². The van der Waals surface area contributed by atoms with Crippen LogP contribution >= 0.6 is 45.2 Å². The second-order valence-electron chi connectivity index (χ2n) is 5.99. The topological polar surface area (TPSA) is 42.8 Å². The second kappa shape index (κ2) is 10.7. The minimum absolute atomic E-state index is 0.556. The summed E-state index contributed by atoms with van der Waals surface area (Å²) in [7, 11) is 1.67. The minimum Gasteiger partial charge on any atom is -0.496 e. The summed E-state index contributed by atoms with van der Waals surface area (Å²) < 4.78 is 13.5. The van der Waals surface area contributed by atoms with Gasteiger partial charge in [-0.1, -0.05) is 48.5 Å². The van der Waals surface area contributed by atoms with E-state index in [0.29, 0.717) is 13.2 Å². The molecule has 0 aliphatic carbocycles. The summed E-state index contributed by atoms with van der Waals surface area (Å²) >= 11 is 4.61. The standard InChI is InChI=1S/C22H20I2N2O2/c1-27-21-10-6-5-9-18(21)14-26-25-13-17-11-19(23)22(20(24)12-17)28-15-16-7-3-2-4-8-16/h2-13,26H,14-15H2,1H3/b25-13+. The van der Waals surface area contributed by atoms with E-state index in [9.17, 15) is 0 Å². The first-order chi connectivity index (χ1) is 13.7. The van der Waals surface area contributed by atoms with Gasteiger partial charge in [0.05, 0.1) is 27.0 Å². The Bertz CT molecular complexity index is 923. The van der Waals surface area contributed by atoms with E-state index in [4.69, 9.17) is 9.47 Å². The quantitative estimate of drug-likeness (QED) is 0.209. The van der Waals surface area contributed by atoms with E-state index >= 15 is 0 Å². The highest BCUT2D eigenvalue weighted by Crippen LogP contribution is 2.29. The van der Waals surface area contributed by atoms with Crippen molar-refractivity contribution in [2.24, 2.45) is 5.10 Å². The van der Waals surface area contributed by atoms with Crippen molar-refractivity contribution in [2.75, 3.05) is 7.11 Å². The zero-order valence-corrected chi connectivity index (χ0v) is 19.7. The van der Waals surface area contributed by atoms with Gasteiger partial charge in [0.25, 0.3) is 0 Å². The summed E-state index contributed by atoms with van der Waals surface area (Å²) in [5, 5.41) is 4.34. The molecule has 6 heteroatoms. The maximum Gasteiger partial charge on any atom is 0.146 e. The lowest BCUT2D eigenvalue weighted by atomic mass is 10.2. The summed E-state index contributed by atoms with van der Waals surface area (Å²) in [4.78, 5) is 0. The van der Waals surface area contributed by atoms with E-state index in [1.807, 2.05) is 48.7 Å². The first-order valence-corrected chi connectivity index (χ1v) is 10.9. The fraction of sp³-hybridized carbons (Fsp3) is 0.136. The Morgan fingerprint density at radius 3 is 2.36 bits per heavy atom. The molecule has 0 bridgehead atoms. The zero-order valence-electron chi connectivity index (χ0n) is 15.4. The fourth-order valence-corrected chi connectivity index (χ4v) is 4.75. The van der Waals surface area contributed by atoms with Crippen molar-refractivity contribution in [3.63, 3.8) is 0 Å². The first kappa shape index (κ1) is 20.9. The number of hydrogen-bond donors (Lipinski definition) is 1. The van der Waals surface area contributed by atoms with Gasteiger partial charge < -0.3 is 14.9 Å². The highest BCUT2D eigenvalue weighted by molar-refractivity contribution is 14.1. The van der Waals surface area contributed by atoms with E-state index in [-0.39, 0.29) is 0 Å². The summed E-state index contributed by atoms with van der Waals surface area (Å²) in [6.45, 7) is 1.16. The van der Waals surface area contributed by atoms with Crippen LogP contribution in [0.5, 0.6) is 11.5 Å². The molecule has 3 aromatic rings. The molecular formula is C22H20I2N2O2. The van der Waals surface area contributed by atoms with Crippen molar-refractivity contribution in [2.45, 2.75) is 13.2 Å². The van der Waals surface area contributed by atoms with E-state index in [1.54, 1.807) is 7.11 Å². The van der Waals surface area contributed by atoms with Gasteiger partial charge in [0.2, 0.25) is 0 Å². The van der Waals surface area contributed by atoms with E-state index in [2.05, 4.69) is 80.0 Å². The summed E-state index contributed by atoms with van der Waals surface area (Å²) in [6.07, 6.45) is 1.82. The smallest absolute Gasteiger partial charge is 0.146 e. The Balaban J connectivity index is 1.61. The van der Waals surface area contributed by atoms with Crippen molar-refractivity contribution in [1.82, 2.24) is 5.43 Å². The molecule has 0 aliphatic heterocycles. The first-order valence-electron chi connectivity index (χ1n) is 8.71. The van der Waals surface area contributed by atoms with Gasteiger partial charge in [-0.05, 0) is 74.5 Å². The molecule has 3 aromatic carbocycles. The average molecular weight is 598 g/mol. The summed E-state index contributed by atoms with van der Waals surface area (Å²) in [5.41, 5.74) is 6.32. The molecule has 0 unspecified atom stereocenters. The number of benzene rings is 3. The molecule has 0 aliphatic rings. The SMILES string of the molecule is COc1ccccc1CN/N=C/c1cc(I)c(OCc2ccccc2)c(I)c1. The van der Waals surface area contributed by atoms with Crippen molar-refractivity contribution in [1.29, 1.82) is 0 Å². The van der Waals surface area contributed by atoms with Crippen LogP contribution < -0.4 is 14.9 Å². The van der Waals surface area contributed by atoms with Crippen LogP contribution in [0.1, 0.15) is 16.7 Å². The third-order valence-corrected chi connectivity index (χ3v) is 5.62. The van der Waals surface area contributed by atoms with Gasteiger partial charge >= 0.3 is 0 Å². The fourth-order valence-electron chi connectivity index (χ4n) is 2.62. The molecule has 144 valence electrons. The molecule has 28 heavy (non-hydrogen) atoms. The van der Waals surface area contributed by atoms with Crippen LogP contribution in [-0.2, 0) is 13.2 Å². The molecule has 0 atom stereocenters. The third-order valence-electron chi connectivity index (χ3n) is 4.01. The van der Waals surface area contributed by atoms with Crippen molar-refractivity contribution in [3.8, 4) is 11.5 Å². The Morgan fingerprint density at radius 2 is 1.64 bits per heavy atom. The van der Waals surface area contributed by atoms with Crippen LogP contribution in [0.25, 0.3) is 0 Å². The molecule has 0 saturated carbocycles. The molecule has 0 amide bonds. The Hall–Kier alpha value is -1.81. The molecule has 0 fully saturated rings. The third kappa shape index (κ3) is 5.84. The number of nitrogens with one attached hydrogen (secondary N) is 1. The molecule has 0 saturated heterocycles. The lowest BCUT2D eigenvalue weighted by molar-refractivity contribution is 0.302. The maximum atomic E-state index is 6.03. The number of hydrazone groups is 1. The number of ether oxygens (including phenoxy) is 2. The predicted octanol–water partition coefficient (Wildman–Crippen LogP) is 5.61. The van der Waals surface area contributed by atoms with Gasteiger partial charge in [-0.15, -0.1) is 0 Å². The van der Waals surface area contributed by atoms with Crippen LogP contribution in [0.2, 0.25) is 0 Å². The van der Waals surface area contributed by atoms with Crippen LogP contribution in [0, 0.1) is 7.14 Å². The number of halogens is 2. The average Bonchev–Trinajstić information content (AvgIpc) is 2.71. The molecule has 0 aromatic heterocycles. The van der Waals surface area contributed by atoms with Crippen molar-refractivity contribution in [3.05, 3.63) is 90.6 Å². The second-order valence-corrected chi connectivity index (χ2v) is 8.32. The van der Waals surface area contributed by atoms with Crippen LogP contribution in [0.15, 0.2) is 71.8 Å². The maximum absolute atomic E-state index is 6.03. The highest BCUT2D eigenvalue weighted by Gasteiger charge is 2.09. The number of hydrogen-bond acceptors (Lipinski definition) is 4. The molecule has 3 rings (SSSR count). The molecule has 0 radical (unpaired) electrons. The van der Waals surface area contributed by atoms with Crippen molar-refractivity contribution < 1.29 is 9.47 Å². The van der Waals surface area contributed by atoms with E-state index < -0.39 is 0 Å². The predicted molar refractivity (Wildman–Crippen MR) is 130 cm³/mol. The summed E-state index contributed by atoms with van der Waals surface area (Å²) in [5.74, 6) is 1.76. The lowest BCUT2D eigenvalue weighted by Gasteiger charge is -2.11. The molecule has 4 nitrogen and oxygen atoms in total. The normalized spacial score (nSPS) is 10.8. The van der Waals surface area contributed by atoms with Crippen LogP contribution in [-0.4, -0.2) is 13.3 Å². The van der Waals surface area contributed by atoms with Gasteiger partial charge in [0.15, 0.2) is 0 Å². The number of methoxy groups -OCH3 is 1. The Labute approximate surface area is 192 Å². The van der Waals surface area contributed by atoms with Crippen LogP contribution in [0.3, 0.4) is 0 Å². The number of rotatable bonds is 8. The molecule has 0 heterocycles. The zero-order chi connectivity index (χ0) is 19.8. The van der Waals surface area contributed by atoms with Gasteiger partial charge in [-0.3, -0.25) is 0 Å².